The van der Waals surface area contributed by atoms with Crippen molar-refractivity contribution in [2.24, 2.45) is 0 Å². The number of rotatable bonds is 5. The average Bonchev–Trinajstić information content (AvgIpc) is 2.66. The summed E-state index contributed by atoms with van der Waals surface area (Å²) in [6.45, 7) is 0.679. The number of benzene rings is 2. The summed E-state index contributed by atoms with van der Waals surface area (Å²) < 4.78 is 50.8. The van der Waals surface area contributed by atoms with Crippen LogP contribution < -0.4 is 20.1 Å². The van der Waals surface area contributed by atoms with Crippen molar-refractivity contribution in [2.75, 3.05) is 24.3 Å². The van der Waals surface area contributed by atoms with E-state index < -0.39 is 12.2 Å². The zero-order chi connectivity index (χ0) is 19.4. The minimum absolute atomic E-state index is 0.0959. The number of nitrogens with two attached hydrogens (primary N) is 1. The molecular formula is C20H23F3N2O2. The normalized spacial score (nSPS) is 17.6. The summed E-state index contributed by atoms with van der Waals surface area (Å²) in [6.07, 6.45) is -2.87. The van der Waals surface area contributed by atoms with Crippen molar-refractivity contribution in [3.8, 4) is 11.5 Å². The lowest BCUT2D eigenvalue weighted by Crippen LogP contribution is -2.49. The van der Waals surface area contributed by atoms with Crippen LogP contribution >= 0.6 is 0 Å². The standard InChI is InChI=1S/C20H23F3N2O2/c1-26-15-7-5-14(6-8-15)13-27-16-9-10-18(17(24)12-16)25-11-3-2-4-19(25)20(21,22)23/h5-10,12,19H,2-4,11,13,24H2,1H3. The number of ether oxygens (including phenoxy) is 2. The zero-order valence-electron chi connectivity index (χ0n) is 15.1. The summed E-state index contributed by atoms with van der Waals surface area (Å²) in [7, 11) is 1.60. The van der Waals surface area contributed by atoms with Gasteiger partial charge in [0.25, 0.3) is 0 Å². The molecule has 0 saturated carbocycles. The van der Waals surface area contributed by atoms with E-state index in [9.17, 15) is 13.2 Å². The van der Waals surface area contributed by atoms with E-state index in [4.69, 9.17) is 15.2 Å². The Morgan fingerprint density at radius 2 is 1.78 bits per heavy atom. The van der Waals surface area contributed by atoms with Crippen LogP contribution in [0.2, 0.25) is 0 Å². The highest BCUT2D eigenvalue weighted by atomic mass is 19.4. The lowest BCUT2D eigenvalue weighted by atomic mass is 10.0. The van der Waals surface area contributed by atoms with Crippen LogP contribution in [-0.2, 0) is 6.61 Å². The third-order valence-corrected chi connectivity index (χ3v) is 4.75. The molecule has 146 valence electrons. The monoisotopic (exact) mass is 380 g/mol. The van der Waals surface area contributed by atoms with Gasteiger partial charge in [0.15, 0.2) is 0 Å². The molecule has 1 saturated heterocycles. The van der Waals surface area contributed by atoms with E-state index >= 15 is 0 Å². The Bertz CT molecular complexity index is 763. The van der Waals surface area contributed by atoms with Gasteiger partial charge in [0.1, 0.15) is 24.1 Å². The van der Waals surface area contributed by atoms with E-state index in [1.807, 2.05) is 24.3 Å². The fraction of sp³-hybridized carbons (Fsp3) is 0.400. The van der Waals surface area contributed by atoms with Gasteiger partial charge in [-0.25, -0.2) is 0 Å². The van der Waals surface area contributed by atoms with E-state index in [1.54, 1.807) is 25.3 Å². The second-order valence-corrected chi connectivity index (χ2v) is 6.60. The first-order chi connectivity index (χ1) is 12.9. The third kappa shape index (κ3) is 4.59. The molecule has 0 aliphatic carbocycles. The van der Waals surface area contributed by atoms with E-state index in [1.165, 1.54) is 4.90 Å². The minimum atomic E-state index is -4.27. The van der Waals surface area contributed by atoms with Gasteiger partial charge in [-0.1, -0.05) is 12.1 Å². The van der Waals surface area contributed by atoms with Crippen LogP contribution in [0.5, 0.6) is 11.5 Å². The lowest BCUT2D eigenvalue weighted by Gasteiger charge is -2.39. The molecule has 2 aromatic rings. The zero-order valence-corrected chi connectivity index (χ0v) is 15.1. The van der Waals surface area contributed by atoms with Crippen LogP contribution in [0.4, 0.5) is 24.5 Å². The predicted molar refractivity (Wildman–Crippen MR) is 99.2 cm³/mol. The van der Waals surface area contributed by atoms with Gasteiger partial charge in [0.2, 0.25) is 0 Å². The van der Waals surface area contributed by atoms with Gasteiger partial charge in [0, 0.05) is 12.6 Å². The first-order valence-corrected chi connectivity index (χ1v) is 8.87. The first kappa shape index (κ1) is 19.2. The van der Waals surface area contributed by atoms with E-state index in [0.29, 0.717) is 36.7 Å². The molecule has 1 unspecified atom stereocenters. The van der Waals surface area contributed by atoms with E-state index in [2.05, 4.69) is 0 Å². The van der Waals surface area contributed by atoms with E-state index in [0.717, 1.165) is 17.7 Å². The van der Waals surface area contributed by atoms with Gasteiger partial charge in [-0.05, 0) is 49.1 Å². The maximum absolute atomic E-state index is 13.3. The van der Waals surface area contributed by atoms with Gasteiger partial charge >= 0.3 is 6.18 Å². The van der Waals surface area contributed by atoms with Crippen molar-refractivity contribution in [3.63, 3.8) is 0 Å². The summed E-state index contributed by atoms with van der Waals surface area (Å²) in [5.74, 6) is 1.28. The molecular weight excluding hydrogens is 357 g/mol. The number of methoxy groups -OCH3 is 1. The Kier molecular flexibility index (Phi) is 5.68. The van der Waals surface area contributed by atoms with Gasteiger partial charge in [-0.15, -0.1) is 0 Å². The number of hydrogen-bond donors (Lipinski definition) is 1. The number of piperidine rings is 1. The largest absolute Gasteiger partial charge is 0.497 e. The number of nitrogens with zero attached hydrogens (tertiary/aromatic N) is 1. The summed E-state index contributed by atoms with van der Waals surface area (Å²) in [6, 6.07) is 10.8. The second-order valence-electron chi connectivity index (χ2n) is 6.60. The Hall–Kier alpha value is -2.57. The lowest BCUT2D eigenvalue weighted by molar-refractivity contribution is -0.152. The molecule has 0 bridgehead atoms. The van der Waals surface area contributed by atoms with Crippen LogP contribution in [0.3, 0.4) is 0 Å². The highest BCUT2D eigenvalue weighted by molar-refractivity contribution is 5.70. The summed E-state index contributed by atoms with van der Waals surface area (Å²) in [5, 5.41) is 0. The van der Waals surface area contributed by atoms with Gasteiger partial charge < -0.3 is 20.1 Å². The average molecular weight is 380 g/mol. The number of halogens is 3. The van der Waals surface area contributed by atoms with Gasteiger partial charge in [-0.2, -0.15) is 13.2 Å². The third-order valence-electron chi connectivity index (χ3n) is 4.75. The van der Waals surface area contributed by atoms with Gasteiger partial charge in [0.05, 0.1) is 18.5 Å². The molecule has 27 heavy (non-hydrogen) atoms. The Morgan fingerprint density at radius 1 is 1.07 bits per heavy atom. The topological polar surface area (TPSA) is 47.7 Å². The molecule has 0 radical (unpaired) electrons. The summed E-state index contributed by atoms with van der Waals surface area (Å²) >= 11 is 0. The molecule has 1 aliphatic heterocycles. The molecule has 1 fully saturated rings. The van der Waals surface area contributed by atoms with Crippen LogP contribution in [0.25, 0.3) is 0 Å². The molecule has 7 heteroatoms. The molecule has 2 aromatic carbocycles. The van der Waals surface area contributed by atoms with Crippen LogP contribution in [-0.4, -0.2) is 25.9 Å². The summed E-state index contributed by atoms with van der Waals surface area (Å²) in [4.78, 5) is 1.37. The van der Waals surface area contributed by atoms with Crippen molar-refractivity contribution in [1.82, 2.24) is 0 Å². The maximum atomic E-state index is 13.3. The predicted octanol–water partition coefficient (Wildman–Crippen LogP) is 4.78. The van der Waals surface area contributed by atoms with Crippen molar-refractivity contribution in [2.45, 2.75) is 38.1 Å². The number of anilines is 2. The van der Waals surface area contributed by atoms with Gasteiger partial charge in [-0.3, -0.25) is 0 Å². The highest BCUT2D eigenvalue weighted by Gasteiger charge is 2.44. The fourth-order valence-corrected chi connectivity index (χ4v) is 3.33. The molecule has 0 spiro atoms. The van der Waals surface area contributed by atoms with Crippen molar-refractivity contribution >= 4 is 11.4 Å². The smallest absolute Gasteiger partial charge is 0.408 e. The molecule has 0 amide bonds. The number of alkyl halides is 3. The Labute approximate surface area is 156 Å². The molecule has 3 rings (SSSR count). The van der Waals surface area contributed by atoms with Crippen molar-refractivity contribution < 1.29 is 22.6 Å². The quantitative estimate of drug-likeness (QED) is 0.759. The highest BCUT2D eigenvalue weighted by Crippen LogP contribution is 2.38. The molecule has 1 atom stereocenters. The fourth-order valence-electron chi connectivity index (χ4n) is 3.33. The second kappa shape index (κ2) is 7.98. The van der Waals surface area contributed by atoms with Crippen molar-refractivity contribution in [3.05, 3.63) is 48.0 Å². The molecule has 2 N–H and O–H groups in total. The van der Waals surface area contributed by atoms with E-state index in [-0.39, 0.29) is 6.42 Å². The molecule has 4 nitrogen and oxygen atoms in total. The SMILES string of the molecule is COc1ccc(COc2ccc(N3CCCCC3C(F)(F)F)c(N)c2)cc1. The summed E-state index contributed by atoms with van der Waals surface area (Å²) in [5.41, 5.74) is 7.71. The molecule has 1 heterocycles. The van der Waals surface area contributed by atoms with Crippen LogP contribution in [0, 0.1) is 0 Å². The van der Waals surface area contributed by atoms with Crippen LogP contribution in [0.1, 0.15) is 24.8 Å². The van der Waals surface area contributed by atoms with Crippen molar-refractivity contribution in [1.29, 1.82) is 0 Å². The Balaban J connectivity index is 1.71. The van der Waals surface area contributed by atoms with Crippen LogP contribution in [0.15, 0.2) is 42.5 Å². The Morgan fingerprint density at radius 3 is 2.41 bits per heavy atom. The first-order valence-electron chi connectivity index (χ1n) is 8.87. The molecule has 1 aliphatic rings. The molecule has 0 aromatic heterocycles. The number of hydrogen-bond acceptors (Lipinski definition) is 4. The maximum Gasteiger partial charge on any atom is 0.408 e. The number of nitrogen functional groups attached to an aromatic ring is 1. The minimum Gasteiger partial charge on any atom is -0.497 e.